The number of halogens is 2. The van der Waals surface area contributed by atoms with E-state index < -0.39 is 0 Å². The Morgan fingerprint density at radius 1 is 1.00 bits per heavy atom. The Morgan fingerprint density at radius 3 is 2.15 bits per heavy atom. The van der Waals surface area contributed by atoms with Gasteiger partial charge in [-0.2, -0.15) is 5.10 Å². The zero-order valence-corrected chi connectivity index (χ0v) is 15.9. The normalized spacial score (nSPS) is 14.2. The molecule has 1 aromatic carbocycles. The number of amides is 2. The highest BCUT2D eigenvalue weighted by atomic mass is 35.5. The molecule has 2 aromatic rings. The second-order valence-corrected chi connectivity index (χ2v) is 6.64. The van der Waals surface area contributed by atoms with Crippen molar-refractivity contribution in [3.8, 4) is 5.75 Å². The van der Waals surface area contributed by atoms with Crippen molar-refractivity contribution in [2.75, 3.05) is 33.3 Å². The predicted molar refractivity (Wildman–Crippen MR) is 99.7 cm³/mol. The first-order valence-corrected chi connectivity index (χ1v) is 8.84. The lowest BCUT2D eigenvalue weighted by molar-refractivity contribution is 0.0530. The van der Waals surface area contributed by atoms with Gasteiger partial charge in [0.25, 0.3) is 17.4 Å². The number of benzene rings is 1. The van der Waals surface area contributed by atoms with Crippen LogP contribution < -0.4 is 10.3 Å². The molecule has 1 N–H and O–H groups in total. The van der Waals surface area contributed by atoms with Gasteiger partial charge in [-0.15, -0.1) is 0 Å². The van der Waals surface area contributed by atoms with Crippen LogP contribution in [0.1, 0.15) is 20.8 Å². The summed E-state index contributed by atoms with van der Waals surface area (Å²) in [4.78, 5) is 39.5. The number of carbonyl (C=O) groups is 2. The van der Waals surface area contributed by atoms with Crippen LogP contribution in [0.15, 0.2) is 29.1 Å². The number of aromatic amines is 1. The van der Waals surface area contributed by atoms with Crippen LogP contribution in [0.5, 0.6) is 5.75 Å². The summed E-state index contributed by atoms with van der Waals surface area (Å²) < 4.78 is 5.23. The van der Waals surface area contributed by atoms with Gasteiger partial charge in [-0.3, -0.25) is 14.4 Å². The van der Waals surface area contributed by atoms with Crippen LogP contribution >= 0.6 is 23.2 Å². The second-order valence-electron chi connectivity index (χ2n) is 5.83. The van der Waals surface area contributed by atoms with Crippen molar-refractivity contribution in [1.82, 2.24) is 20.0 Å². The molecule has 0 radical (unpaired) electrons. The second kappa shape index (κ2) is 7.98. The number of nitrogens with one attached hydrogen (secondary N) is 1. The number of ether oxygens (including phenoxy) is 1. The van der Waals surface area contributed by atoms with E-state index in [4.69, 9.17) is 27.9 Å². The Bertz CT molecular complexity index is 919. The van der Waals surface area contributed by atoms with Gasteiger partial charge in [0, 0.05) is 32.2 Å². The number of rotatable bonds is 3. The monoisotopic (exact) mass is 410 g/mol. The van der Waals surface area contributed by atoms with Crippen molar-refractivity contribution >= 4 is 35.0 Å². The van der Waals surface area contributed by atoms with E-state index in [2.05, 4.69) is 10.2 Å². The summed E-state index contributed by atoms with van der Waals surface area (Å²) in [6.07, 6.45) is 0. The van der Waals surface area contributed by atoms with Gasteiger partial charge in [0.2, 0.25) is 0 Å². The topological polar surface area (TPSA) is 95.6 Å². The molecular weight excluding hydrogens is 395 g/mol. The quantitative estimate of drug-likeness (QED) is 0.830. The highest BCUT2D eigenvalue weighted by Gasteiger charge is 2.29. The lowest BCUT2D eigenvalue weighted by atomic mass is 10.1. The van der Waals surface area contributed by atoms with Crippen molar-refractivity contribution < 1.29 is 14.3 Å². The molecule has 0 saturated carbocycles. The van der Waals surface area contributed by atoms with Gasteiger partial charge in [0.1, 0.15) is 11.3 Å². The van der Waals surface area contributed by atoms with E-state index in [-0.39, 0.29) is 39.4 Å². The number of piperazine rings is 1. The molecule has 1 saturated heterocycles. The Kier molecular flexibility index (Phi) is 5.67. The molecule has 1 aromatic heterocycles. The lowest BCUT2D eigenvalue weighted by Crippen LogP contribution is -2.50. The van der Waals surface area contributed by atoms with Crippen LogP contribution in [0.25, 0.3) is 0 Å². The van der Waals surface area contributed by atoms with Crippen LogP contribution in [-0.2, 0) is 0 Å². The summed E-state index contributed by atoms with van der Waals surface area (Å²) in [6, 6.07) is 5.72. The summed E-state index contributed by atoms with van der Waals surface area (Å²) >= 11 is 12.3. The first kappa shape index (κ1) is 19.2. The summed E-state index contributed by atoms with van der Waals surface area (Å²) in [5.41, 5.74) is -0.0306. The number of nitrogens with zero attached hydrogens (tertiary/aromatic N) is 3. The first-order chi connectivity index (χ1) is 12.9. The smallest absolute Gasteiger partial charge is 0.274 e. The van der Waals surface area contributed by atoms with Gasteiger partial charge >= 0.3 is 0 Å². The van der Waals surface area contributed by atoms with E-state index in [1.54, 1.807) is 21.9 Å². The van der Waals surface area contributed by atoms with Crippen LogP contribution in [0, 0.1) is 0 Å². The minimum absolute atomic E-state index is 0.147. The number of aromatic nitrogens is 2. The van der Waals surface area contributed by atoms with Crippen molar-refractivity contribution in [2.45, 2.75) is 0 Å². The molecule has 142 valence electrons. The number of H-pyrrole nitrogens is 1. The fraction of sp³-hybridized carbons (Fsp3) is 0.294. The summed E-state index contributed by atoms with van der Waals surface area (Å²) in [5.74, 6) is -0.393. The minimum Gasteiger partial charge on any atom is -0.494 e. The predicted octanol–water partition coefficient (Wildman–Crippen LogP) is 1.68. The van der Waals surface area contributed by atoms with E-state index in [1.165, 1.54) is 19.2 Å². The van der Waals surface area contributed by atoms with Gasteiger partial charge in [-0.25, -0.2) is 5.10 Å². The average Bonchev–Trinajstić information content (AvgIpc) is 2.69. The van der Waals surface area contributed by atoms with E-state index in [0.717, 1.165) is 0 Å². The largest absolute Gasteiger partial charge is 0.494 e. The molecule has 3 rings (SSSR count). The van der Waals surface area contributed by atoms with Crippen molar-refractivity contribution in [1.29, 1.82) is 0 Å². The fourth-order valence-corrected chi connectivity index (χ4v) is 3.29. The summed E-state index contributed by atoms with van der Waals surface area (Å²) in [7, 11) is 1.42. The lowest BCUT2D eigenvalue weighted by Gasteiger charge is -2.35. The molecule has 1 fully saturated rings. The maximum Gasteiger partial charge on any atom is 0.274 e. The van der Waals surface area contributed by atoms with E-state index >= 15 is 0 Å². The highest BCUT2D eigenvalue weighted by Crippen LogP contribution is 2.34. The van der Waals surface area contributed by atoms with Crippen LogP contribution in [0.3, 0.4) is 0 Å². The SMILES string of the molecule is COc1c(Cl)ccc(Cl)c1C(=O)N1CCN(C(=O)c2ccc(=O)[nH]n2)CC1. The van der Waals surface area contributed by atoms with Crippen molar-refractivity contribution in [3.63, 3.8) is 0 Å². The summed E-state index contributed by atoms with van der Waals surface area (Å²) in [6.45, 7) is 1.29. The average molecular weight is 411 g/mol. The Labute approximate surface area is 164 Å². The zero-order chi connectivity index (χ0) is 19.6. The minimum atomic E-state index is -0.380. The number of hydrogen-bond donors (Lipinski definition) is 1. The van der Waals surface area contributed by atoms with Crippen molar-refractivity contribution in [2.24, 2.45) is 0 Å². The van der Waals surface area contributed by atoms with Gasteiger partial charge < -0.3 is 14.5 Å². The maximum absolute atomic E-state index is 12.9. The molecule has 0 spiro atoms. The first-order valence-electron chi connectivity index (χ1n) is 8.08. The molecule has 0 bridgehead atoms. The van der Waals surface area contributed by atoms with E-state index in [1.807, 2.05) is 0 Å². The molecule has 8 nitrogen and oxygen atoms in total. The molecule has 0 aliphatic carbocycles. The molecule has 1 aliphatic heterocycles. The molecule has 2 heterocycles. The van der Waals surface area contributed by atoms with Crippen molar-refractivity contribution in [3.05, 3.63) is 55.9 Å². The Balaban J connectivity index is 1.72. The van der Waals surface area contributed by atoms with Gasteiger partial charge in [0.15, 0.2) is 5.75 Å². The van der Waals surface area contributed by atoms with Gasteiger partial charge in [-0.05, 0) is 18.2 Å². The molecule has 2 amide bonds. The van der Waals surface area contributed by atoms with E-state index in [0.29, 0.717) is 31.2 Å². The molecule has 1 aliphatic rings. The molecule has 10 heteroatoms. The van der Waals surface area contributed by atoms with Crippen LogP contribution in [-0.4, -0.2) is 65.1 Å². The maximum atomic E-state index is 12.9. The fourth-order valence-electron chi connectivity index (χ4n) is 2.83. The Hall–Kier alpha value is -2.58. The third kappa shape index (κ3) is 3.91. The van der Waals surface area contributed by atoms with Gasteiger partial charge in [0.05, 0.1) is 17.2 Å². The Morgan fingerprint density at radius 2 is 1.59 bits per heavy atom. The van der Waals surface area contributed by atoms with E-state index in [9.17, 15) is 14.4 Å². The third-order valence-electron chi connectivity index (χ3n) is 4.23. The molecule has 27 heavy (non-hydrogen) atoms. The molecular formula is C17H16Cl2N4O4. The molecule has 0 unspecified atom stereocenters. The number of carbonyl (C=O) groups excluding carboxylic acids is 2. The zero-order valence-electron chi connectivity index (χ0n) is 14.4. The van der Waals surface area contributed by atoms with Gasteiger partial charge in [-0.1, -0.05) is 23.2 Å². The highest BCUT2D eigenvalue weighted by molar-refractivity contribution is 6.37. The number of hydrogen-bond acceptors (Lipinski definition) is 5. The standard InChI is InChI=1S/C17H16Cl2N4O4/c1-27-15-11(19)3-2-10(18)14(15)17(26)23-8-6-22(7-9-23)16(25)12-4-5-13(24)21-20-12/h2-5H,6-9H2,1H3,(H,21,24). The molecule has 0 atom stereocenters. The van der Waals surface area contributed by atoms with Crippen LogP contribution in [0.4, 0.5) is 0 Å². The third-order valence-corrected chi connectivity index (χ3v) is 4.84. The summed E-state index contributed by atoms with van der Waals surface area (Å²) in [5, 5.41) is 6.52. The van der Waals surface area contributed by atoms with Crippen LogP contribution in [0.2, 0.25) is 10.0 Å². The number of methoxy groups -OCH3 is 1.